The smallest absolute Gasteiger partial charge is 0.186 e. The Bertz CT molecular complexity index is 297. The molecule has 0 atom stereocenters. The maximum Gasteiger partial charge on any atom is 0.186 e. The van der Waals surface area contributed by atoms with Crippen LogP contribution in [0.15, 0.2) is 41.4 Å². The van der Waals surface area contributed by atoms with Gasteiger partial charge in [-0.15, -0.1) is 0 Å². The van der Waals surface area contributed by atoms with Crippen LogP contribution in [-0.4, -0.2) is 12.5 Å². The number of hydrogen-bond acceptors (Lipinski definition) is 1. The Balaban J connectivity index is 2.46. The van der Waals surface area contributed by atoms with Gasteiger partial charge in [-0.3, -0.25) is 0 Å². The molecule has 1 aromatic carbocycles. The van der Waals surface area contributed by atoms with Crippen molar-refractivity contribution in [2.45, 2.75) is 0 Å². The first kappa shape index (κ1) is 9.32. The zero-order valence-electron chi connectivity index (χ0n) is 7.35. The summed E-state index contributed by atoms with van der Waals surface area (Å²) in [6.45, 7) is 0.525. The Morgan fingerprint density at radius 2 is 1.92 bits per heavy atom. The third-order valence-corrected chi connectivity index (χ3v) is 1.49. The lowest BCUT2D eigenvalue weighted by molar-refractivity contribution is 1.22. The van der Waals surface area contributed by atoms with Crippen LogP contribution < -0.4 is 11.5 Å². The summed E-state index contributed by atoms with van der Waals surface area (Å²) >= 11 is 0. The fourth-order valence-electron chi connectivity index (χ4n) is 0.911. The molecular formula is C10H13N3. The highest BCUT2D eigenvalue weighted by Gasteiger charge is 1.81. The van der Waals surface area contributed by atoms with Crippen molar-refractivity contribution in [2.24, 2.45) is 16.5 Å². The van der Waals surface area contributed by atoms with E-state index in [2.05, 4.69) is 4.99 Å². The first-order chi connectivity index (χ1) is 6.29. The molecule has 0 amide bonds. The molecule has 0 radical (unpaired) electrons. The number of nitrogens with zero attached hydrogens (tertiary/aromatic N) is 1. The van der Waals surface area contributed by atoms with Crippen molar-refractivity contribution in [3.63, 3.8) is 0 Å². The Morgan fingerprint density at radius 3 is 2.54 bits per heavy atom. The van der Waals surface area contributed by atoms with Crippen molar-refractivity contribution in [3.8, 4) is 0 Å². The molecule has 0 saturated carbocycles. The molecule has 0 saturated heterocycles. The van der Waals surface area contributed by atoms with Gasteiger partial charge in [0.2, 0.25) is 0 Å². The summed E-state index contributed by atoms with van der Waals surface area (Å²) in [5.41, 5.74) is 11.5. The fraction of sp³-hybridized carbons (Fsp3) is 0.100. The molecule has 3 heteroatoms. The molecule has 0 fully saturated rings. The first-order valence-electron chi connectivity index (χ1n) is 4.06. The van der Waals surface area contributed by atoms with Gasteiger partial charge in [0.25, 0.3) is 0 Å². The number of rotatable bonds is 3. The molecule has 0 spiro atoms. The van der Waals surface area contributed by atoms with E-state index >= 15 is 0 Å². The van der Waals surface area contributed by atoms with Crippen LogP contribution in [0.4, 0.5) is 0 Å². The molecule has 13 heavy (non-hydrogen) atoms. The van der Waals surface area contributed by atoms with E-state index in [0.29, 0.717) is 6.54 Å². The Labute approximate surface area is 77.8 Å². The molecule has 0 unspecified atom stereocenters. The number of guanidine groups is 1. The summed E-state index contributed by atoms with van der Waals surface area (Å²) in [5.74, 6) is 0.123. The van der Waals surface area contributed by atoms with E-state index in [1.165, 1.54) is 0 Å². The van der Waals surface area contributed by atoms with Gasteiger partial charge in [0.05, 0.1) is 6.54 Å². The van der Waals surface area contributed by atoms with Crippen molar-refractivity contribution in [1.29, 1.82) is 0 Å². The zero-order valence-corrected chi connectivity index (χ0v) is 7.35. The summed E-state index contributed by atoms with van der Waals surface area (Å²) in [7, 11) is 0. The van der Waals surface area contributed by atoms with E-state index < -0.39 is 0 Å². The number of aliphatic imine (C=N–C) groups is 1. The van der Waals surface area contributed by atoms with Gasteiger partial charge in [0.1, 0.15) is 0 Å². The molecule has 0 aromatic heterocycles. The van der Waals surface area contributed by atoms with E-state index in [1.807, 2.05) is 42.5 Å². The van der Waals surface area contributed by atoms with E-state index in [9.17, 15) is 0 Å². The van der Waals surface area contributed by atoms with Crippen molar-refractivity contribution >= 4 is 12.0 Å². The molecule has 0 aliphatic rings. The second-order valence-corrected chi connectivity index (χ2v) is 2.58. The highest BCUT2D eigenvalue weighted by atomic mass is 15.0. The van der Waals surface area contributed by atoms with Crippen molar-refractivity contribution in [1.82, 2.24) is 0 Å². The second-order valence-electron chi connectivity index (χ2n) is 2.58. The first-order valence-corrected chi connectivity index (χ1v) is 4.06. The number of hydrogen-bond donors (Lipinski definition) is 2. The van der Waals surface area contributed by atoms with Crippen LogP contribution in [0, 0.1) is 0 Å². The third kappa shape index (κ3) is 3.96. The maximum absolute atomic E-state index is 5.17. The van der Waals surface area contributed by atoms with Crippen LogP contribution in [0.3, 0.4) is 0 Å². The van der Waals surface area contributed by atoms with Gasteiger partial charge in [0.15, 0.2) is 5.96 Å². The molecule has 0 aliphatic carbocycles. The Hall–Kier alpha value is -1.77. The number of benzene rings is 1. The Kier molecular flexibility index (Phi) is 3.57. The van der Waals surface area contributed by atoms with Gasteiger partial charge >= 0.3 is 0 Å². The quantitative estimate of drug-likeness (QED) is 0.531. The van der Waals surface area contributed by atoms with E-state index in [-0.39, 0.29) is 5.96 Å². The topological polar surface area (TPSA) is 64.4 Å². The van der Waals surface area contributed by atoms with Crippen LogP contribution in [0.1, 0.15) is 5.56 Å². The Morgan fingerprint density at radius 1 is 1.23 bits per heavy atom. The molecule has 3 nitrogen and oxygen atoms in total. The van der Waals surface area contributed by atoms with Crippen LogP contribution in [-0.2, 0) is 0 Å². The molecule has 0 heterocycles. The highest BCUT2D eigenvalue weighted by molar-refractivity contribution is 5.75. The summed E-state index contributed by atoms with van der Waals surface area (Å²) < 4.78 is 0. The number of nitrogens with two attached hydrogens (primary N) is 2. The van der Waals surface area contributed by atoms with Gasteiger partial charge < -0.3 is 11.5 Å². The zero-order chi connectivity index (χ0) is 9.52. The van der Waals surface area contributed by atoms with Gasteiger partial charge in [-0.1, -0.05) is 42.5 Å². The van der Waals surface area contributed by atoms with Crippen LogP contribution in [0.2, 0.25) is 0 Å². The predicted molar refractivity (Wildman–Crippen MR) is 56.2 cm³/mol. The maximum atomic E-state index is 5.17. The molecular weight excluding hydrogens is 162 g/mol. The lowest BCUT2D eigenvalue weighted by Gasteiger charge is -1.90. The van der Waals surface area contributed by atoms with Gasteiger partial charge in [0, 0.05) is 0 Å². The SMILES string of the molecule is NC(N)=NCC=Cc1ccccc1. The lowest BCUT2D eigenvalue weighted by Crippen LogP contribution is -2.22. The predicted octanol–water partition coefficient (Wildman–Crippen LogP) is 0.973. The molecule has 0 bridgehead atoms. The van der Waals surface area contributed by atoms with Crippen LogP contribution in [0.5, 0.6) is 0 Å². The summed E-state index contributed by atoms with van der Waals surface area (Å²) in [4.78, 5) is 3.83. The van der Waals surface area contributed by atoms with Crippen LogP contribution in [0.25, 0.3) is 6.08 Å². The van der Waals surface area contributed by atoms with Crippen molar-refractivity contribution < 1.29 is 0 Å². The minimum absolute atomic E-state index is 0.123. The highest BCUT2D eigenvalue weighted by Crippen LogP contribution is 2.00. The summed E-state index contributed by atoms with van der Waals surface area (Å²) in [6.07, 6.45) is 3.89. The minimum Gasteiger partial charge on any atom is -0.370 e. The molecule has 1 aromatic rings. The second kappa shape index (κ2) is 4.98. The van der Waals surface area contributed by atoms with Crippen LogP contribution >= 0.6 is 0 Å². The normalized spacial score (nSPS) is 10.2. The third-order valence-electron chi connectivity index (χ3n) is 1.49. The molecule has 68 valence electrons. The van der Waals surface area contributed by atoms with E-state index in [0.717, 1.165) is 5.56 Å². The van der Waals surface area contributed by atoms with Gasteiger partial charge in [-0.25, -0.2) is 4.99 Å². The molecule has 0 aliphatic heterocycles. The largest absolute Gasteiger partial charge is 0.370 e. The van der Waals surface area contributed by atoms with Gasteiger partial charge in [-0.2, -0.15) is 0 Å². The van der Waals surface area contributed by atoms with E-state index in [1.54, 1.807) is 0 Å². The summed E-state index contributed by atoms with van der Waals surface area (Å²) in [6, 6.07) is 9.99. The lowest BCUT2D eigenvalue weighted by atomic mass is 10.2. The fourth-order valence-corrected chi connectivity index (χ4v) is 0.911. The minimum atomic E-state index is 0.123. The standard InChI is InChI=1S/C10H13N3/c11-10(12)13-8-4-7-9-5-2-1-3-6-9/h1-7H,8H2,(H4,11,12,13). The summed E-state index contributed by atoms with van der Waals surface area (Å²) in [5, 5.41) is 0. The van der Waals surface area contributed by atoms with E-state index in [4.69, 9.17) is 11.5 Å². The molecule has 4 N–H and O–H groups in total. The monoisotopic (exact) mass is 175 g/mol. The van der Waals surface area contributed by atoms with Gasteiger partial charge in [-0.05, 0) is 5.56 Å². The van der Waals surface area contributed by atoms with Crippen molar-refractivity contribution in [3.05, 3.63) is 42.0 Å². The van der Waals surface area contributed by atoms with Crippen molar-refractivity contribution in [2.75, 3.05) is 6.54 Å². The molecule has 1 rings (SSSR count). The average Bonchev–Trinajstić information content (AvgIpc) is 2.14. The average molecular weight is 175 g/mol.